The molecule has 0 saturated heterocycles. The molecule has 0 bridgehead atoms. The van der Waals surface area contributed by atoms with Crippen LogP contribution in [0.2, 0.25) is 0 Å². The molecular formula is C46H88O6. The molecule has 1 unspecified atom stereocenters. The summed E-state index contributed by atoms with van der Waals surface area (Å²) in [5.74, 6) is -0.000104. The van der Waals surface area contributed by atoms with Crippen molar-refractivity contribution in [2.45, 2.75) is 259 Å². The van der Waals surface area contributed by atoms with Gasteiger partial charge in [-0.25, -0.2) is 0 Å². The van der Waals surface area contributed by atoms with Crippen LogP contribution in [0.4, 0.5) is 0 Å². The first-order chi connectivity index (χ1) is 25.4. The minimum atomic E-state index is -0.758. The van der Waals surface area contributed by atoms with Crippen LogP contribution < -0.4 is 0 Å². The molecule has 6 nitrogen and oxygen atoms in total. The maximum Gasteiger partial charge on any atom is 0.306 e. The number of carbonyl (C=O) groups is 3. The number of carbonyl (C=O) groups excluding carboxylic acids is 3. The zero-order valence-electron chi connectivity index (χ0n) is 35.3. The zero-order valence-corrected chi connectivity index (χ0v) is 35.3. The first-order valence-corrected chi connectivity index (χ1v) is 22.9. The Bertz CT molecular complexity index is 783. The molecule has 0 fully saturated rings. The van der Waals surface area contributed by atoms with E-state index in [0.29, 0.717) is 19.3 Å². The second-order valence-electron chi connectivity index (χ2n) is 15.9. The topological polar surface area (TPSA) is 78.9 Å². The highest BCUT2D eigenvalue weighted by molar-refractivity contribution is 5.71. The first-order valence-electron chi connectivity index (χ1n) is 22.9. The Hall–Kier alpha value is -1.59. The van der Waals surface area contributed by atoms with Crippen LogP contribution in [0.3, 0.4) is 0 Å². The van der Waals surface area contributed by atoms with Gasteiger partial charge in [0.15, 0.2) is 6.10 Å². The second kappa shape index (κ2) is 40.6. The van der Waals surface area contributed by atoms with Crippen molar-refractivity contribution >= 4 is 17.9 Å². The van der Waals surface area contributed by atoms with Crippen LogP contribution in [0.1, 0.15) is 252 Å². The van der Waals surface area contributed by atoms with Crippen molar-refractivity contribution in [1.82, 2.24) is 0 Å². The molecule has 0 amide bonds. The normalized spacial score (nSPS) is 12.5. The Morgan fingerprint density at radius 2 is 0.673 bits per heavy atom. The van der Waals surface area contributed by atoms with Gasteiger partial charge in [0, 0.05) is 19.3 Å². The van der Waals surface area contributed by atoms with E-state index >= 15 is 0 Å². The molecule has 0 radical (unpaired) electrons. The Balaban J connectivity index is 4.18. The van der Waals surface area contributed by atoms with Gasteiger partial charge in [0.05, 0.1) is 0 Å². The van der Waals surface area contributed by atoms with Gasteiger partial charge in [0.1, 0.15) is 13.2 Å². The van der Waals surface area contributed by atoms with E-state index in [0.717, 1.165) is 70.1 Å². The lowest BCUT2D eigenvalue weighted by Crippen LogP contribution is -2.30. The highest BCUT2D eigenvalue weighted by atomic mass is 16.6. The van der Waals surface area contributed by atoms with Gasteiger partial charge < -0.3 is 14.2 Å². The van der Waals surface area contributed by atoms with Crippen molar-refractivity contribution in [3.63, 3.8) is 0 Å². The first kappa shape index (κ1) is 50.4. The van der Waals surface area contributed by atoms with Gasteiger partial charge in [0.2, 0.25) is 0 Å². The lowest BCUT2D eigenvalue weighted by atomic mass is 9.99. The number of esters is 3. The Morgan fingerprint density at radius 3 is 1.00 bits per heavy atom. The van der Waals surface area contributed by atoms with Crippen molar-refractivity contribution < 1.29 is 28.6 Å². The Morgan fingerprint density at radius 1 is 0.385 bits per heavy atom. The maximum absolute atomic E-state index is 12.7. The van der Waals surface area contributed by atoms with Crippen molar-refractivity contribution in [1.29, 1.82) is 0 Å². The van der Waals surface area contributed by atoms with Crippen LogP contribution in [-0.4, -0.2) is 37.2 Å². The molecule has 0 aromatic heterocycles. The summed E-state index contributed by atoms with van der Waals surface area (Å²) in [5, 5.41) is 0. The van der Waals surface area contributed by atoms with Crippen LogP contribution in [-0.2, 0) is 28.6 Å². The molecule has 52 heavy (non-hydrogen) atoms. The van der Waals surface area contributed by atoms with E-state index < -0.39 is 6.10 Å². The van der Waals surface area contributed by atoms with Crippen LogP contribution in [0.25, 0.3) is 0 Å². The van der Waals surface area contributed by atoms with E-state index in [-0.39, 0.29) is 31.1 Å². The van der Waals surface area contributed by atoms with Gasteiger partial charge >= 0.3 is 17.9 Å². The van der Waals surface area contributed by atoms with Crippen molar-refractivity contribution in [3.8, 4) is 0 Å². The van der Waals surface area contributed by atoms with Crippen LogP contribution in [0, 0.1) is 5.92 Å². The average molecular weight is 737 g/mol. The van der Waals surface area contributed by atoms with E-state index in [1.165, 1.54) is 141 Å². The van der Waals surface area contributed by atoms with E-state index in [1.807, 2.05) is 0 Å². The fourth-order valence-corrected chi connectivity index (χ4v) is 6.77. The minimum Gasteiger partial charge on any atom is -0.462 e. The standard InChI is InChI=1S/C46H88O6/c1-5-8-10-12-13-14-15-16-17-18-19-23-26-30-34-38-45(48)51-41-43(40-50-44(47)37-33-28-11-9-6-2)52-46(49)39-35-31-27-24-21-20-22-25-29-32-36-42(4)7-3/h42-43H,5-41H2,1-4H3/t42?,43-/m0/s1. The van der Waals surface area contributed by atoms with Gasteiger partial charge in [-0.15, -0.1) is 0 Å². The summed E-state index contributed by atoms with van der Waals surface area (Å²) >= 11 is 0. The molecule has 0 saturated carbocycles. The fourth-order valence-electron chi connectivity index (χ4n) is 6.77. The zero-order chi connectivity index (χ0) is 38.2. The second-order valence-corrected chi connectivity index (χ2v) is 15.9. The molecule has 0 aliphatic carbocycles. The fraction of sp³-hybridized carbons (Fsp3) is 0.935. The summed E-state index contributed by atoms with van der Waals surface area (Å²) in [6.07, 6.45) is 39.6. The highest BCUT2D eigenvalue weighted by Gasteiger charge is 2.19. The quantitative estimate of drug-likeness (QED) is 0.0353. The number of hydrogen-bond donors (Lipinski definition) is 0. The summed E-state index contributed by atoms with van der Waals surface area (Å²) in [6.45, 7) is 8.94. The predicted molar refractivity (Wildman–Crippen MR) is 220 cm³/mol. The molecule has 0 aromatic carbocycles. The van der Waals surface area contributed by atoms with E-state index in [9.17, 15) is 14.4 Å². The molecule has 6 heteroatoms. The van der Waals surface area contributed by atoms with Gasteiger partial charge in [-0.1, -0.05) is 214 Å². The van der Waals surface area contributed by atoms with E-state index in [1.54, 1.807) is 0 Å². The van der Waals surface area contributed by atoms with Gasteiger partial charge in [-0.2, -0.15) is 0 Å². The lowest BCUT2D eigenvalue weighted by Gasteiger charge is -2.18. The average Bonchev–Trinajstić information content (AvgIpc) is 3.14. The van der Waals surface area contributed by atoms with Crippen LogP contribution >= 0.6 is 0 Å². The smallest absolute Gasteiger partial charge is 0.306 e. The third-order valence-corrected chi connectivity index (χ3v) is 10.7. The van der Waals surface area contributed by atoms with Gasteiger partial charge in [0.25, 0.3) is 0 Å². The molecule has 0 aliphatic heterocycles. The number of ether oxygens (including phenoxy) is 3. The summed E-state index contributed by atoms with van der Waals surface area (Å²) in [4.78, 5) is 37.5. The van der Waals surface area contributed by atoms with Crippen molar-refractivity contribution in [3.05, 3.63) is 0 Å². The van der Waals surface area contributed by atoms with E-state index in [4.69, 9.17) is 14.2 Å². The largest absolute Gasteiger partial charge is 0.462 e. The Labute approximate surface area is 323 Å². The summed E-state index contributed by atoms with van der Waals surface area (Å²) in [5.41, 5.74) is 0. The molecular weight excluding hydrogens is 648 g/mol. The molecule has 0 rings (SSSR count). The SMILES string of the molecule is CCCCCCCCCCCCCCCCCC(=O)OC[C@H](COC(=O)CCCCCCC)OC(=O)CCCCCCCCCCCCC(C)CC. The number of rotatable bonds is 41. The third-order valence-electron chi connectivity index (χ3n) is 10.7. The number of hydrogen-bond acceptors (Lipinski definition) is 6. The number of unbranched alkanes of at least 4 members (excludes halogenated alkanes) is 27. The highest BCUT2D eigenvalue weighted by Crippen LogP contribution is 2.17. The predicted octanol–water partition coefficient (Wildman–Crippen LogP) is 14.3. The molecule has 308 valence electrons. The molecule has 0 spiro atoms. The van der Waals surface area contributed by atoms with Crippen LogP contribution in [0.5, 0.6) is 0 Å². The maximum atomic E-state index is 12.7. The molecule has 2 atom stereocenters. The summed E-state index contributed by atoms with van der Waals surface area (Å²) in [6, 6.07) is 0. The Kier molecular flexibility index (Phi) is 39.4. The lowest BCUT2D eigenvalue weighted by molar-refractivity contribution is -0.167. The molecule has 0 heterocycles. The van der Waals surface area contributed by atoms with E-state index in [2.05, 4.69) is 27.7 Å². The van der Waals surface area contributed by atoms with Crippen molar-refractivity contribution in [2.75, 3.05) is 13.2 Å². The monoisotopic (exact) mass is 737 g/mol. The molecule has 0 N–H and O–H groups in total. The third kappa shape index (κ3) is 38.1. The summed E-state index contributed by atoms with van der Waals surface area (Å²) in [7, 11) is 0. The van der Waals surface area contributed by atoms with Crippen molar-refractivity contribution in [2.24, 2.45) is 5.92 Å². The van der Waals surface area contributed by atoms with Crippen LogP contribution in [0.15, 0.2) is 0 Å². The molecule has 0 aliphatic rings. The minimum absolute atomic E-state index is 0.0648. The summed E-state index contributed by atoms with van der Waals surface area (Å²) < 4.78 is 16.6. The molecule has 0 aromatic rings. The van der Waals surface area contributed by atoms with Gasteiger partial charge in [-0.3, -0.25) is 14.4 Å². The van der Waals surface area contributed by atoms with Gasteiger partial charge in [-0.05, 0) is 25.2 Å².